The number of para-hydroxylation sites is 1. The van der Waals surface area contributed by atoms with Gasteiger partial charge in [0.05, 0.1) is 62.3 Å². The number of nitrogens with zero attached hydrogens (tertiary/aromatic N) is 12. The predicted octanol–water partition coefficient (Wildman–Crippen LogP) is 19.0. The maximum atomic E-state index is 12.2. The van der Waals surface area contributed by atoms with Gasteiger partial charge in [0.1, 0.15) is 47.7 Å². The number of fused-ring (bicyclic) bond motifs is 6. The van der Waals surface area contributed by atoms with Crippen LogP contribution in [0.1, 0.15) is 85.2 Å². The highest BCUT2D eigenvalue weighted by molar-refractivity contribution is 6.05. The number of rotatable bonds is 12. The number of pyridine rings is 3. The van der Waals surface area contributed by atoms with Gasteiger partial charge in [0.2, 0.25) is 0 Å². The molecule has 0 amide bonds. The highest BCUT2D eigenvalue weighted by Gasteiger charge is 2.31. The van der Waals surface area contributed by atoms with Crippen LogP contribution in [-0.2, 0) is 9.53 Å². The summed E-state index contributed by atoms with van der Waals surface area (Å²) < 4.78 is 11.8. The monoisotopic (exact) mass is 1390 g/mol. The highest BCUT2D eigenvalue weighted by atomic mass is 16.5. The van der Waals surface area contributed by atoms with Crippen molar-refractivity contribution in [3.8, 4) is 72.8 Å². The Balaban J connectivity index is 0.000000132. The zero-order chi connectivity index (χ0) is 69.9. The van der Waals surface area contributed by atoms with Crippen molar-refractivity contribution in [1.29, 1.82) is 0 Å². The number of aliphatic hydroxyl groups excluding tert-OH is 1. The second-order valence-corrected chi connectivity index (χ2v) is 26.5. The van der Waals surface area contributed by atoms with Crippen molar-refractivity contribution in [1.82, 2.24) is 58.6 Å². The molecule has 9 heterocycles. The lowest BCUT2D eigenvalue weighted by Gasteiger charge is -2.28. The van der Waals surface area contributed by atoms with Gasteiger partial charge in [0.25, 0.3) is 0 Å². The van der Waals surface area contributed by atoms with E-state index in [9.17, 15) is 9.90 Å². The Labute approximate surface area is 609 Å². The van der Waals surface area contributed by atoms with Gasteiger partial charge in [-0.15, -0.1) is 0 Å². The van der Waals surface area contributed by atoms with Gasteiger partial charge in [0.15, 0.2) is 5.65 Å². The topological polar surface area (TPSA) is 255 Å². The standard InChI is InChI=1S/C30H29N5O2.C28H27N5O.C27H19N5.2CH4/c1-2-37-30(36)21-10-13-23(14-11-21)35-17-24(27-28(31)32-18-33-29(27)35)22-9-8-20-12-15-25(34-26(20)16-22)19-6-4-3-5-7-19;29-27-26-23(15-33(28(26)31-17-30-27)22-11-6-18(16-34)7-12-22)21-9-8-20-10-13-24(32-25(20)14-21)19-4-2-1-3-5-19;28-26-25-22(16-32(27(25)30-17-29-26)21-9-5-2-6-10-21)20-12-11-19-13-14-23(31-24(19)15-20)18-7-3-1-4-8-18;;/h3-9,12,15-18,21,23H,2,10-11,13-14H2,1H3,(H2,31,32,33);1-5,8-10,13-15,17-18,22,34H,6-7,11-12,16H2,(H2,29,30,31);1-17H,(H2,28,29,30);2*1H4. The molecular formula is C87H83N15O3. The Bertz CT molecular complexity index is 5750. The first-order chi connectivity index (χ1) is 50.6. The summed E-state index contributed by atoms with van der Waals surface area (Å²) in [5.41, 5.74) is 37.6. The van der Waals surface area contributed by atoms with E-state index in [1.807, 2.05) is 79.7 Å². The third-order valence-electron chi connectivity index (χ3n) is 20.3. The molecular weight excluding hydrogens is 1300 g/mol. The number of aromatic nitrogens is 12. The van der Waals surface area contributed by atoms with Gasteiger partial charge in [-0.25, -0.2) is 44.9 Å². The molecule has 18 nitrogen and oxygen atoms in total. The van der Waals surface area contributed by atoms with E-state index in [4.69, 9.17) is 36.9 Å². The first-order valence-electron chi connectivity index (χ1n) is 35.2. The van der Waals surface area contributed by atoms with Crippen molar-refractivity contribution in [2.75, 3.05) is 30.4 Å². The van der Waals surface area contributed by atoms with Gasteiger partial charge in [-0.3, -0.25) is 4.79 Å². The summed E-state index contributed by atoms with van der Waals surface area (Å²) in [5, 5.41) is 15.4. The average Bonchev–Trinajstić information content (AvgIpc) is 1.62. The number of benzene rings is 7. The largest absolute Gasteiger partial charge is 0.466 e. The number of carbonyl (C=O) groups excluding carboxylic acids is 1. The maximum absolute atomic E-state index is 12.2. The number of anilines is 3. The quantitative estimate of drug-likeness (QED) is 0.0830. The molecule has 0 spiro atoms. The van der Waals surface area contributed by atoms with Crippen LogP contribution in [0, 0.1) is 11.8 Å². The van der Waals surface area contributed by atoms with Gasteiger partial charge in [-0.1, -0.05) is 179 Å². The minimum absolute atomic E-state index is 0. The number of carbonyl (C=O) groups is 1. The smallest absolute Gasteiger partial charge is 0.308 e. The summed E-state index contributed by atoms with van der Waals surface area (Å²) >= 11 is 0. The lowest BCUT2D eigenvalue weighted by molar-refractivity contribution is -0.149. The molecule has 2 aliphatic carbocycles. The Hall–Kier alpha value is -12.5. The van der Waals surface area contributed by atoms with Crippen LogP contribution in [0.15, 0.2) is 250 Å². The van der Waals surface area contributed by atoms with E-state index in [2.05, 4.69) is 202 Å². The number of hydrogen-bond acceptors (Lipinski definition) is 15. The number of aliphatic hydroxyl groups is 1. The summed E-state index contributed by atoms with van der Waals surface area (Å²) in [5.74, 6) is 1.72. The first kappa shape index (κ1) is 69.5. The number of hydrogen-bond donors (Lipinski definition) is 4. The molecule has 2 fully saturated rings. The minimum atomic E-state index is -0.0795. The van der Waals surface area contributed by atoms with Crippen LogP contribution in [0.5, 0.6) is 0 Å². The summed E-state index contributed by atoms with van der Waals surface area (Å²) in [6.45, 7) is 2.55. The van der Waals surface area contributed by atoms with Crippen molar-refractivity contribution >= 4 is 89.2 Å². The molecule has 0 radical (unpaired) electrons. The Morgan fingerprint density at radius 2 is 0.771 bits per heavy atom. The summed E-state index contributed by atoms with van der Waals surface area (Å²) in [7, 11) is 0. The van der Waals surface area contributed by atoms with Crippen LogP contribution in [-0.4, -0.2) is 82.8 Å². The number of nitrogens with two attached hydrogens (primary N) is 3. The van der Waals surface area contributed by atoms with Crippen molar-refractivity contribution in [3.63, 3.8) is 0 Å². The van der Waals surface area contributed by atoms with Crippen LogP contribution in [0.3, 0.4) is 0 Å². The molecule has 524 valence electrons. The minimum Gasteiger partial charge on any atom is -0.466 e. The normalized spacial score (nSPS) is 15.7. The Kier molecular flexibility index (Phi) is 20.2. The van der Waals surface area contributed by atoms with Crippen molar-refractivity contribution in [2.24, 2.45) is 11.8 Å². The van der Waals surface area contributed by atoms with Gasteiger partial charge in [-0.05, 0) is 129 Å². The van der Waals surface area contributed by atoms with Gasteiger partial charge >= 0.3 is 5.97 Å². The van der Waals surface area contributed by atoms with E-state index < -0.39 is 0 Å². The second kappa shape index (κ2) is 30.6. The van der Waals surface area contributed by atoms with Crippen LogP contribution in [0.2, 0.25) is 0 Å². The third kappa shape index (κ3) is 14.0. The van der Waals surface area contributed by atoms with Gasteiger partial charge < -0.3 is 40.7 Å². The molecule has 0 unspecified atom stereocenters. The van der Waals surface area contributed by atoms with Gasteiger partial charge in [0, 0.05) is 92.5 Å². The lowest BCUT2D eigenvalue weighted by atomic mass is 9.86. The van der Waals surface area contributed by atoms with Crippen LogP contribution >= 0.6 is 0 Å². The number of nitrogen functional groups attached to an aromatic ring is 3. The molecule has 0 saturated heterocycles. The zero-order valence-electron chi connectivity index (χ0n) is 56.9. The maximum Gasteiger partial charge on any atom is 0.308 e. The lowest BCUT2D eigenvalue weighted by Crippen LogP contribution is -2.25. The van der Waals surface area contributed by atoms with E-state index >= 15 is 0 Å². The SMILES string of the molecule is C.C.CCOC(=O)C1CCC(n2cc(-c3ccc4ccc(-c5ccccc5)nc4c3)c3c(N)ncnc32)CC1.Nc1ncnc2c1c(-c1ccc3ccc(-c4ccccc4)nc3c1)cn2-c1ccccc1.Nc1ncnc2c1c(-c1ccc3ccc(-c4ccccc4)nc3c1)cn2C1CCC(CO)CC1. The molecule has 105 heavy (non-hydrogen) atoms. The van der Waals surface area contributed by atoms with Crippen LogP contribution < -0.4 is 17.2 Å². The molecule has 0 atom stereocenters. The van der Waals surface area contributed by atoms with E-state index in [-0.39, 0.29) is 39.4 Å². The van der Waals surface area contributed by atoms with E-state index in [1.165, 1.54) is 12.7 Å². The van der Waals surface area contributed by atoms with Crippen LogP contribution in [0.4, 0.5) is 17.5 Å². The fourth-order valence-corrected chi connectivity index (χ4v) is 14.9. The molecule has 18 rings (SSSR count). The van der Waals surface area contributed by atoms with Gasteiger partial charge in [-0.2, -0.15) is 0 Å². The molecule has 0 bridgehead atoms. The zero-order valence-corrected chi connectivity index (χ0v) is 56.9. The first-order valence-corrected chi connectivity index (χ1v) is 35.2. The van der Waals surface area contributed by atoms with E-state index in [0.29, 0.717) is 36.0 Å². The fourth-order valence-electron chi connectivity index (χ4n) is 14.9. The highest BCUT2D eigenvalue weighted by Crippen LogP contribution is 2.43. The molecule has 18 heteroatoms. The average molecular weight is 1390 g/mol. The molecule has 0 aliphatic heterocycles. The van der Waals surface area contributed by atoms with Crippen molar-refractivity contribution in [2.45, 2.75) is 85.2 Å². The van der Waals surface area contributed by atoms with Crippen molar-refractivity contribution < 1.29 is 14.6 Å². The Morgan fingerprint density at radius 1 is 0.419 bits per heavy atom. The Morgan fingerprint density at radius 3 is 1.16 bits per heavy atom. The summed E-state index contributed by atoms with van der Waals surface area (Å²) in [6, 6.07) is 72.9. The number of ether oxygens (including phenoxy) is 1. The van der Waals surface area contributed by atoms with E-state index in [0.717, 1.165) is 190 Å². The van der Waals surface area contributed by atoms with Crippen LogP contribution in [0.25, 0.3) is 139 Å². The second-order valence-electron chi connectivity index (χ2n) is 26.5. The molecule has 7 aromatic carbocycles. The number of esters is 1. The fraction of sp³-hybridized carbons (Fsp3) is 0.195. The predicted molar refractivity (Wildman–Crippen MR) is 425 cm³/mol. The summed E-state index contributed by atoms with van der Waals surface area (Å²) in [6.07, 6.45) is 18.5. The van der Waals surface area contributed by atoms with E-state index in [1.54, 1.807) is 6.33 Å². The molecule has 2 aliphatic rings. The molecule has 7 N–H and O–H groups in total. The molecule has 16 aromatic rings. The third-order valence-corrected chi connectivity index (χ3v) is 20.3. The van der Waals surface area contributed by atoms with Crippen molar-refractivity contribution in [3.05, 3.63) is 250 Å². The molecule has 9 aromatic heterocycles. The summed E-state index contributed by atoms with van der Waals surface area (Å²) in [4.78, 5) is 53.7. The molecule has 2 saturated carbocycles.